The average Bonchev–Trinajstić information content (AvgIpc) is 2.49. The van der Waals surface area contributed by atoms with Crippen molar-refractivity contribution in [1.82, 2.24) is 10.2 Å². The smallest absolute Gasteiger partial charge is 0.248 e. The molecule has 0 radical (unpaired) electrons. The molecule has 0 spiro atoms. The topological polar surface area (TPSA) is 95.7 Å². The second kappa shape index (κ2) is 6.41. The average molecular weight is 337 g/mol. The van der Waals surface area contributed by atoms with Crippen molar-refractivity contribution < 1.29 is 14.7 Å². The summed E-state index contributed by atoms with van der Waals surface area (Å²) in [5.74, 6) is -0.404. The van der Waals surface area contributed by atoms with Crippen LogP contribution in [0.15, 0.2) is 24.3 Å². The quantitative estimate of drug-likeness (QED) is 0.718. The number of rotatable bonds is 4. The Hall–Kier alpha value is -1.73. The van der Waals surface area contributed by atoms with Gasteiger partial charge >= 0.3 is 0 Å². The van der Waals surface area contributed by atoms with E-state index >= 15 is 0 Å². The molecule has 0 aromatic heterocycles. The number of nitrogens with two attached hydrogens (primary N) is 1. The van der Waals surface area contributed by atoms with E-state index in [1.165, 1.54) is 12.1 Å². The number of aromatic hydroxyl groups is 1. The summed E-state index contributed by atoms with van der Waals surface area (Å²) in [4.78, 5) is 26.0. The lowest BCUT2D eigenvalue weighted by Crippen LogP contribution is -2.69. The molecule has 126 valence electrons. The first-order chi connectivity index (χ1) is 10.6. The highest BCUT2D eigenvalue weighted by Crippen LogP contribution is 2.37. The minimum Gasteiger partial charge on any atom is -0.508 e. The molecule has 1 aromatic carbocycles. The maximum atomic E-state index is 12.3. The number of phenolic OH excluding ortho intramolecular Hbond substituents is 1. The Morgan fingerprint density at radius 2 is 1.91 bits per heavy atom. The van der Waals surface area contributed by atoms with Gasteiger partial charge in [-0.3, -0.25) is 9.59 Å². The Morgan fingerprint density at radius 3 is 2.43 bits per heavy atom. The molecule has 1 aliphatic heterocycles. The molecule has 0 aliphatic carbocycles. The molecular weight excluding hydrogens is 314 g/mol. The van der Waals surface area contributed by atoms with Gasteiger partial charge in [0.05, 0.1) is 0 Å². The molecule has 3 atom stereocenters. The van der Waals surface area contributed by atoms with Crippen molar-refractivity contribution in [3.8, 4) is 5.75 Å². The largest absolute Gasteiger partial charge is 0.508 e. The van der Waals surface area contributed by atoms with Crippen molar-refractivity contribution in [3.05, 3.63) is 29.8 Å². The molecule has 7 heteroatoms. The highest BCUT2D eigenvalue weighted by Gasteiger charge is 2.48. The molecule has 0 saturated carbocycles. The molecule has 1 aliphatic rings. The SMILES string of the molecule is CN1C(=O)[C@@H](NC(=O)[C@H](N)c2ccc(O)cc2)[C@H]1SC(C)(C)C. The van der Waals surface area contributed by atoms with E-state index < -0.39 is 18.0 Å². The van der Waals surface area contributed by atoms with E-state index in [1.807, 2.05) is 0 Å². The molecule has 1 aromatic rings. The van der Waals surface area contributed by atoms with Crippen LogP contribution in [-0.4, -0.2) is 45.0 Å². The second-order valence-electron chi connectivity index (χ2n) is 6.63. The number of β-lactam (4-membered cyclic amide) rings is 1. The van der Waals surface area contributed by atoms with Crippen molar-refractivity contribution in [2.75, 3.05) is 7.05 Å². The Bertz CT molecular complexity index is 598. The monoisotopic (exact) mass is 337 g/mol. The predicted molar refractivity (Wildman–Crippen MR) is 90.9 cm³/mol. The molecule has 2 amide bonds. The van der Waals surface area contributed by atoms with Crippen LogP contribution in [0.25, 0.3) is 0 Å². The molecule has 2 rings (SSSR count). The van der Waals surface area contributed by atoms with Crippen molar-refractivity contribution in [3.63, 3.8) is 0 Å². The molecule has 1 saturated heterocycles. The Morgan fingerprint density at radius 1 is 1.35 bits per heavy atom. The number of likely N-dealkylation sites (tertiary alicyclic amines) is 1. The minimum atomic E-state index is -0.880. The van der Waals surface area contributed by atoms with Gasteiger partial charge in [-0.25, -0.2) is 0 Å². The highest BCUT2D eigenvalue weighted by atomic mass is 32.2. The van der Waals surface area contributed by atoms with E-state index in [1.54, 1.807) is 35.8 Å². The molecule has 0 bridgehead atoms. The van der Waals surface area contributed by atoms with Gasteiger partial charge in [-0.05, 0) is 17.7 Å². The standard InChI is InChI=1S/C16H23N3O3S/c1-16(2,3)23-15-12(14(22)19(15)4)18-13(21)11(17)9-5-7-10(20)8-6-9/h5-8,11-12,15,20H,17H2,1-4H3,(H,18,21)/t11-,12-,15-/m1/s1. The van der Waals surface area contributed by atoms with E-state index in [0.717, 1.165) is 0 Å². The zero-order chi connectivity index (χ0) is 17.4. The number of hydrogen-bond donors (Lipinski definition) is 3. The lowest BCUT2D eigenvalue weighted by atomic mass is 10.0. The minimum absolute atomic E-state index is 0.0261. The maximum absolute atomic E-state index is 12.3. The van der Waals surface area contributed by atoms with Gasteiger partial charge in [0, 0.05) is 11.8 Å². The van der Waals surface area contributed by atoms with Crippen LogP contribution in [0.5, 0.6) is 5.75 Å². The number of carbonyl (C=O) groups excluding carboxylic acids is 2. The van der Waals surface area contributed by atoms with Crippen LogP contribution in [0.4, 0.5) is 0 Å². The van der Waals surface area contributed by atoms with Crippen molar-refractivity contribution in [2.45, 2.75) is 43.0 Å². The Labute approximate surface area is 140 Å². The number of likely N-dealkylation sites (N-methyl/N-ethyl adjacent to an activating group) is 1. The number of amides is 2. The van der Waals surface area contributed by atoms with Crippen LogP contribution < -0.4 is 11.1 Å². The molecule has 6 nitrogen and oxygen atoms in total. The number of nitrogens with zero attached hydrogens (tertiary/aromatic N) is 1. The fraction of sp³-hybridized carbons (Fsp3) is 0.500. The third-order valence-corrected chi connectivity index (χ3v) is 5.12. The highest BCUT2D eigenvalue weighted by molar-refractivity contribution is 8.01. The van der Waals surface area contributed by atoms with Gasteiger partial charge in [0.15, 0.2) is 0 Å². The van der Waals surface area contributed by atoms with Gasteiger partial charge in [-0.15, -0.1) is 11.8 Å². The first-order valence-corrected chi connectivity index (χ1v) is 8.27. The third-order valence-electron chi connectivity index (χ3n) is 3.59. The number of thioether (sulfide) groups is 1. The van der Waals surface area contributed by atoms with Crippen molar-refractivity contribution in [1.29, 1.82) is 0 Å². The molecule has 1 heterocycles. The van der Waals surface area contributed by atoms with E-state index in [4.69, 9.17) is 5.73 Å². The zero-order valence-electron chi connectivity index (χ0n) is 13.7. The van der Waals surface area contributed by atoms with Gasteiger partial charge in [0.2, 0.25) is 11.8 Å². The first kappa shape index (κ1) is 17.6. The zero-order valence-corrected chi connectivity index (χ0v) is 14.6. The van der Waals surface area contributed by atoms with Gasteiger partial charge in [-0.1, -0.05) is 32.9 Å². The predicted octanol–water partition coefficient (Wildman–Crippen LogP) is 1.21. The Balaban J connectivity index is 2.03. The van der Waals surface area contributed by atoms with Crippen molar-refractivity contribution >= 4 is 23.6 Å². The van der Waals surface area contributed by atoms with Crippen LogP contribution in [0.3, 0.4) is 0 Å². The van der Waals surface area contributed by atoms with Crippen LogP contribution in [0.1, 0.15) is 32.4 Å². The summed E-state index contributed by atoms with van der Waals surface area (Å²) in [6.45, 7) is 6.19. The second-order valence-corrected chi connectivity index (χ2v) is 8.57. The van der Waals surface area contributed by atoms with Gasteiger partial charge in [0.25, 0.3) is 0 Å². The van der Waals surface area contributed by atoms with Crippen molar-refractivity contribution in [2.24, 2.45) is 5.73 Å². The van der Waals surface area contributed by atoms with Crippen LogP contribution in [-0.2, 0) is 9.59 Å². The summed E-state index contributed by atoms with van der Waals surface area (Å²) >= 11 is 1.63. The summed E-state index contributed by atoms with van der Waals surface area (Å²) in [6.07, 6.45) is 0. The summed E-state index contributed by atoms with van der Waals surface area (Å²) in [5, 5.41) is 11.9. The summed E-state index contributed by atoms with van der Waals surface area (Å²) in [6, 6.07) is 4.70. The molecule has 23 heavy (non-hydrogen) atoms. The molecular formula is C16H23N3O3S. The van der Waals surface area contributed by atoms with Gasteiger partial charge in [0.1, 0.15) is 23.2 Å². The van der Waals surface area contributed by atoms with E-state index in [0.29, 0.717) is 5.56 Å². The summed E-state index contributed by atoms with van der Waals surface area (Å²) in [7, 11) is 1.73. The van der Waals surface area contributed by atoms with E-state index in [-0.39, 0.29) is 21.8 Å². The van der Waals surface area contributed by atoms with Gasteiger partial charge < -0.3 is 21.1 Å². The van der Waals surface area contributed by atoms with Crippen LogP contribution >= 0.6 is 11.8 Å². The lowest BCUT2D eigenvalue weighted by molar-refractivity contribution is -0.146. The lowest BCUT2D eigenvalue weighted by Gasteiger charge is -2.47. The van der Waals surface area contributed by atoms with E-state index in [2.05, 4.69) is 26.1 Å². The third kappa shape index (κ3) is 3.97. The Kier molecular flexibility index (Phi) is 4.91. The van der Waals surface area contributed by atoms with E-state index in [9.17, 15) is 14.7 Å². The van der Waals surface area contributed by atoms with Crippen LogP contribution in [0.2, 0.25) is 0 Å². The molecule has 0 unspecified atom stereocenters. The number of carbonyl (C=O) groups is 2. The number of benzene rings is 1. The molecule has 1 fully saturated rings. The number of phenols is 1. The maximum Gasteiger partial charge on any atom is 0.248 e. The van der Waals surface area contributed by atoms with Gasteiger partial charge in [-0.2, -0.15) is 0 Å². The normalized spacial score (nSPS) is 22.5. The fourth-order valence-electron chi connectivity index (χ4n) is 2.33. The number of hydrogen-bond acceptors (Lipinski definition) is 5. The summed E-state index contributed by atoms with van der Waals surface area (Å²) < 4.78 is -0.0261. The molecule has 4 N–H and O–H groups in total. The van der Waals surface area contributed by atoms with Crippen LogP contribution in [0, 0.1) is 0 Å². The number of nitrogens with one attached hydrogen (secondary N) is 1. The fourth-order valence-corrected chi connectivity index (χ4v) is 3.63. The summed E-state index contributed by atoms with van der Waals surface area (Å²) in [5.41, 5.74) is 6.53. The first-order valence-electron chi connectivity index (χ1n) is 7.39.